The molecule has 7 heteroatoms. The molecule has 0 aliphatic heterocycles. The van der Waals surface area contributed by atoms with Gasteiger partial charge < -0.3 is 10.1 Å². The first kappa shape index (κ1) is 18.4. The summed E-state index contributed by atoms with van der Waals surface area (Å²) in [5.41, 5.74) is 2.47. The molecule has 2 aromatic heterocycles. The Balaban J connectivity index is 1.56. The second kappa shape index (κ2) is 7.56. The van der Waals surface area contributed by atoms with Gasteiger partial charge in [0.05, 0.1) is 11.5 Å². The van der Waals surface area contributed by atoms with E-state index in [0.29, 0.717) is 18.7 Å². The van der Waals surface area contributed by atoms with Crippen LogP contribution in [0.25, 0.3) is 21.3 Å². The van der Waals surface area contributed by atoms with Crippen molar-refractivity contribution >= 4 is 27.5 Å². The zero-order valence-corrected chi connectivity index (χ0v) is 16.4. The van der Waals surface area contributed by atoms with Gasteiger partial charge in [0.1, 0.15) is 16.7 Å². The van der Waals surface area contributed by atoms with E-state index in [-0.39, 0.29) is 12.5 Å². The lowest BCUT2D eigenvalue weighted by Gasteiger charge is -2.21. The van der Waals surface area contributed by atoms with E-state index in [2.05, 4.69) is 45.6 Å². The van der Waals surface area contributed by atoms with Crippen LogP contribution in [0.2, 0.25) is 0 Å². The molecule has 1 aliphatic carbocycles. The van der Waals surface area contributed by atoms with Crippen molar-refractivity contribution in [2.24, 2.45) is 0 Å². The first-order chi connectivity index (χ1) is 13.6. The Labute approximate surface area is 167 Å². The molecular weight excluding hydrogens is 372 g/mol. The molecular formula is C21H20N4O2S. The standard InChI is InChI=1S/C21H20N4O2S/c1-14-4-6-15(7-5-14)16-11-28-20-18(16)19(23-13-24-20)27-10-17(26)25-21(12-22)8-2-3-9-21/h4-7,11,13H,2-3,8-10H2,1H3,(H,25,26). The topological polar surface area (TPSA) is 87.9 Å². The van der Waals surface area contributed by atoms with E-state index in [9.17, 15) is 10.1 Å². The van der Waals surface area contributed by atoms with Crippen LogP contribution in [-0.2, 0) is 4.79 Å². The molecule has 0 radical (unpaired) electrons. The lowest BCUT2D eigenvalue weighted by atomic mass is 10.00. The average Bonchev–Trinajstić information content (AvgIpc) is 3.35. The van der Waals surface area contributed by atoms with Crippen LogP contribution in [0.5, 0.6) is 5.88 Å². The number of rotatable bonds is 5. The number of thiophene rings is 1. The Morgan fingerprint density at radius 1 is 1.29 bits per heavy atom. The van der Waals surface area contributed by atoms with Gasteiger partial charge in [-0.1, -0.05) is 29.8 Å². The largest absolute Gasteiger partial charge is 0.467 e. The fourth-order valence-corrected chi connectivity index (χ4v) is 4.49. The molecule has 0 saturated heterocycles. The molecule has 1 aliphatic rings. The van der Waals surface area contributed by atoms with Crippen molar-refractivity contribution in [1.82, 2.24) is 15.3 Å². The first-order valence-electron chi connectivity index (χ1n) is 9.24. The fraction of sp³-hybridized carbons (Fsp3) is 0.333. The van der Waals surface area contributed by atoms with Crippen LogP contribution in [0.1, 0.15) is 31.2 Å². The zero-order valence-electron chi connectivity index (χ0n) is 15.6. The summed E-state index contributed by atoms with van der Waals surface area (Å²) in [6.07, 6.45) is 4.73. The number of carbonyl (C=O) groups excluding carboxylic acids is 1. The quantitative estimate of drug-likeness (QED) is 0.709. The Bertz CT molecular complexity index is 1050. The molecule has 0 atom stereocenters. The number of fused-ring (bicyclic) bond motifs is 1. The summed E-state index contributed by atoms with van der Waals surface area (Å²) < 4.78 is 5.76. The summed E-state index contributed by atoms with van der Waals surface area (Å²) in [7, 11) is 0. The van der Waals surface area contributed by atoms with Crippen LogP contribution in [0.15, 0.2) is 36.0 Å². The minimum Gasteiger partial charge on any atom is -0.467 e. The van der Waals surface area contributed by atoms with E-state index >= 15 is 0 Å². The van der Waals surface area contributed by atoms with Gasteiger partial charge in [-0.05, 0) is 38.2 Å². The van der Waals surface area contributed by atoms with Gasteiger partial charge in [-0.2, -0.15) is 5.26 Å². The highest BCUT2D eigenvalue weighted by Gasteiger charge is 2.35. The van der Waals surface area contributed by atoms with Crippen molar-refractivity contribution in [3.63, 3.8) is 0 Å². The van der Waals surface area contributed by atoms with Gasteiger partial charge >= 0.3 is 0 Å². The van der Waals surface area contributed by atoms with Crippen molar-refractivity contribution in [3.05, 3.63) is 41.5 Å². The van der Waals surface area contributed by atoms with E-state index < -0.39 is 5.54 Å². The summed E-state index contributed by atoms with van der Waals surface area (Å²) in [5.74, 6) is 0.0803. The number of nitrogens with one attached hydrogen (secondary N) is 1. The number of ether oxygens (including phenoxy) is 1. The van der Waals surface area contributed by atoms with E-state index in [0.717, 1.165) is 34.2 Å². The van der Waals surface area contributed by atoms with Crippen molar-refractivity contribution in [2.45, 2.75) is 38.1 Å². The van der Waals surface area contributed by atoms with Gasteiger partial charge in [0.25, 0.3) is 5.91 Å². The maximum atomic E-state index is 12.4. The third kappa shape index (κ3) is 3.56. The predicted molar refractivity (Wildman–Crippen MR) is 108 cm³/mol. The monoisotopic (exact) mass is 392 g/mol. The lowest BCUT2D eigenvalue weighted by Crippen LogP contribution is -2.47. The number of aryl methyl sites for hydroxylation is 1. The minimum absolute atomic E-state index is 0.182. The summed E-state index contributed by atoms with van der Waals surface area (Å²) in [5, 5.41) is 15.1. The van der Waals surface area contributed by atoms with Gasteiger partial charge in [0.2, 0.25) is 5.88 Å². The number of nitriles is 1. The summed E-state index contributed by atoms with van der Waals surface area (Å²) in [6, 6.07) is 10.5. The molecule has 4 rings (SSSR count). The Kier molecular flexibility index (Phi) is 4.97. The summed E-state index contributed by atoms with van der Waals surface area (Å²) in [4.78, 5) is 21.8. The van der Waals surface area contributed by atoms with E-state index in [1.807, 2.05) is 12.3 Å². The molecule has 0 spiro atoms. The second-order valence-electron chi connectivity index (χ2n) is 7.11. The van der Waals surface area contributed by atoms with Gasteiger partial charge in [0.15, 0.2) is 6.61 Å². The Morgan fingerprint density at radius 2 is 2.04 bits per heavy atom. The smallest absolute Gasteiger partial charge is 0.259 e. The molecule has 1 saturated carbocycles. The van der Waals surface area contributed by atoms with Crippen molar-refractivity contribution in [1.29, 1.82) is 5.26 Å². The van der Waals surface area contributed by atoms with Crippen molar-refractivity contribution in [2.75, 3.05) is 6.61 Å². The third-order valence-corrected chi connectivity index (χ3v) is 5.97. The number of hydrogen-bond acceptors (Lipinski definition) is 6. The van der Waals surface area contributed by atoms with E-state index in [1.54, 1.807) is 0 Å². The molecule has 3 aromatic rings. The van der Waals surface area contributed by atoms with Crippen molar-refractivity contribution in [3.8, 4) is 23.1 Å². The van der Waals surface area contributed by atoms with Gasteiger partial charge in [-0.25, -0.2) is 9.97 Å². The average molecular weight is 392 g/mol. The van der Waals surface area contributed by atoms with Crippen LogP contribution >= 0.6 is 11.3 Å². The first-order valence-corrected chi connectivity index (χ1v) is 10.1. The van der Waals surface area contributed by atoms with E-state index in [4.69, 9.17) is 4.74 Å². The molecule has 6 nitrogen and oxygen atoms in total. The lowest BCUT2D eigenvalue weighted by molar-refractivity contribution is -0.124. The van der Waals surface area contributed by atoms with Gasteiger partial charge in [0, 0.05) is 10.9 Å². The van der Waals surface area contributed by atoms with Crippen LogP contribution in [0.3, 0.4) is 0 Å². The Morgan fingerprint density at radius 3 is 2.75 bits per heavy atom. The van der Waals surface area contributed by atoms with Crippen LogP contribution < -0.4 is 10.1 Å². The molecule has 1 amide bonds. The third-order valence-electron chi connectivity index (χ3n) is 5.09. The molecule has 1 aromatic carbocycles. The molecule has 28 heavy (non-hydrogen) atoms. The maximum absolute atomic E-state index is 12.4. The number of aromatic nitrogens is 2. The predicted octanol–water partition coefficient (Wildman–Crippen LogP) is 4.00. The molecule has 0 bridgehead atoms. The zero-order chi connectivity index (χ0) is 19.6. The van der Waals surface area contributed by atoms with Crippen LogP contribution in [0.4, 0.5) is 0 Å². The summed E-state index contributed by atoms with van der Waals surface area (Å²) >= 11 is 1.52. The van der Waals surface area contributed by atoms with Gasteiger partial charge in [-0.3, -0.25) is 4.79 Å². The highest BCUT2D eigenvalue weighted by atomic mass is 32.1. The van der Waals surface area contributed by atoms with Crippen molar-refractivity contribution < 1.29 is 9.53 Å². The molecule has 1 N–H and O–H groups in total. The molecule has 2 heterocycles. The normalized spacial score (nSPS) is 15.3. The fourth-order valence-electron chi connectivity index (χ4n) is 3.58. The summed E-state index contributed by atoms with van der Waals surface area (Å²) in [6.45, 7) is 1.86. The van der Waals surface area contributed by atoms with Gasteiger partial charge in [-0.15, -0.1) is 11.3 Å². The number of hydrogen-bond donors (Lipinski definition) is 1. The SMILES string of the molecule is Cc1ccc(-c2csc3ncnc(OCC(=O)NC4(C#N)CCCC4)c23)cc1. The number of benzene rings is 1. The molecule has 142 valence electrons. The van der Waals surface area contributed by atoms with Crippen LogP contribution in [0, 0.1) is 18.3 Å². The number of carbonyl (C=O) groups is 1. The second-order valence-corrected chi connectivity index (χ2v) is 7.97. The number of nitrogens with zero attached hydrogens (tertiary/aromatic N) is 3. The van der Waals surface area contributed by atoms with E-state index in [1.165, 1.54) is 23.2 Å². The Hall–Kier alpha value is -2.98. The number of amides is 1. The highest BCUT2D eigenvalue weighted by molar-refractivity contribution is 7.17. The minimum atomic E-state index is -0.753. The maximum Gasteiger partial charge on any atom is 0.259 e. The molecule has 1 fully saturated rings. The van der Waals surface area contributed by atoms with Crippen LogP contribution in [-0.4, -0.2) is 28.0 Å². The highest BCUT2D eigenvalue weighted by Crippen LogP contribution is 2.37. The molecule has 0 unspecified atom stereocenters.